The van der Waals surface area contributed by atoms with Crippen molar-refractivity contribution in [1.82, 2.24) is 9.47 Å². The lowest BCUT2D eigenvalue weighted by Gasteiger charge is -2.40. The second-order valence-corrected chi connectivity index (χ2v) is 9.85. The zero-order valence-corrected chi connectivity index (χ0v) is 21.7. The summed E-state index contributed by atoms with van der Waals surface area (Å²) in [6.07, 6.45) is 2.03. The number of nitrogens with one attached hydrogen (secondary N) is 1. The molecule has 3 amide bonds. The highest BCUT2D eigenvalue weighted by molar-refractivity contribution is 9.10. The molecule has 1 aliphatic heterocycles. The molecule has 0 bridgehead atoms. The number of nitrogens with zero attached hydrogens (tertiary/aromatic N) is 3. The molecule has 0 unspecified atom stereocenters. The molecule has 36 heavy (non-hydrogen) atoms. The van der Waals surface area contributed by atoms with Crippen molar-refractivity contribution in [2.24, 2.45) is 0 Å². The van der Waals surface area contributed by atoms with Crippen LogP contribution >= 0.6 is 15.9 Å². The van der Waals surface area contributed by atoms with E-state index in [4.69, 9.17) is 0 Å². The van der Waals surface area contributed by atoms with Gasteiger partial charge in [-0.25, -0.2) is 4.79 Å². The predicted octanol–water partition coefficient (Wildman–Crippen LogP) is 6.62. The molecule has 3 aromatic carbocycles. The van der Waals surface area contributed by atoms with E-state index in [0.717, 1.165) is 27.1 Å². The highest BCUT2D eigenvalue weighted by Crippen LogP contribution is 2.42. The van der Waals surface area contributed by atoms with E-state index in [9.17, 15) is 9.59 Å². The molecular formula is C29H27BrN4O2. The van der Waals surface area contributed by atoms with Crippen LogP contribution in [0, 0.1) is 0 Å². The Morgan fingerprint density at radius 2 is 1.56 bits per heavy atom. The number of carbonyl (C=O) groups is 2. The summed E-state index contributed by atoms with van der Waals surface area (Å²) in [5, 5.41) is 2.94. The number of carbonyl (C=O) groups excluding carboxylic acids is 2. The first-order valence-corrected chi connectivity index (χ1v) is 12.7. The summed E-state index contributed by atoms with van der Waals surface area (Å²) in [5.74, 6) is -0.153. The third-order valence-corrected chi connectivity index (χ3v) is 7.10. The van der Waals surface area contributed by atoms with E-state index in [-0.39, 0.29) is 30.6 Å². The van der Waals surface area contributed by atoms with E-state index in [1.165, 1.54) is 0 Å². The minimum Gasteiger partial charge on any atom is -0.316 e. The number of para-hydroxylation sites is 3. The standard InChI is InChI=1S/C29H27BrN4O2/c1-20(2)33(29(36)31-23-14-7-6-13-22(23)30)19-27(35)34-25-16-9-8-15-24(25)32-18-10-17-26(32)28(34)21-11-4-3-5-12-21/h3-18,20,28H,19H2,1-2H3,(H,31,36)/t28-/m0/s1. The number of rotatable bonds is 5. The van der Waals surface area contributed by atoms with Crippen molar-refractivity contribution in [2.75, 3.05) is 16.8 Å². The fourth-order valence-corrected chi connectivity index (χ4v) is 5.06. The lowest BCUT2D eigenvalue weighted by molar-refractivity contribution is -0.119. The van der Waals surface area contributed by atoms with E-state index in [1.807, 2.05) is 116 Å². The Kier molecular flexibility index (Phi) is 6.65. The van der Waals surface area contributed by atoms with Crippen molar-refractivity contribution >= 4 is 39.2 Å². The average Bonchev–Trinajstić information content (AvgIpc) is 3.38. The monoisotopic (exact) mass is 542 g/mol. The van der Waals surface area contributed by atoms with Crippen molar-refractivity contribution in [2.45, 2.75) is 25.9 Å². The minimum absolute atomic E-state index is 0.0632. The Bertz CT molecular complexity index is 1400. The average molecular weight is 543 g/mol. The quantitative estimate of drug-likeness (QED) is 0.308. The van der Waals surface area contributed by atoms with Crippen molar-refractivity contribution < 1.29 is 9.59 Å². The van der Waals surface area contributed by atoms with Crippen LogP contribution in [0.4, 0.5) is 16.2 Å². The molecule has 4 aromatic rings. The van der Waals surface area contributed by atoms with Gasteiger partial charge in [-0.2, -0.15) is 0 Å². The van der Waals surface area contributed by atoms with Gasteiger partial charge in [-0.3, -0.25) is 9.69 Å². The van der Waals surface area contributed by atoms with Gasteiger partial charge in [0.15, 0.2) is 0 Å². The maximum absolute atomic E-state index is 14.1. The van der Waals surface area contributed by atoms with Crippen LogP contribution in [0.1, 0.15) is 31.1 Å². The molecule has 5 rings (SSSR count). The number of benzene rings is 3. The van der Waals surface area contributed by atoms with Crippen LogP contribution in [0.5, 0.6) is 0 Å². The number of aromatic nitrogens is 1. The minimum atomic E-state index is -0.324. The van der Waals surface area contributed by atoms with Gasteiger partial charge >= 0.3 is 6.03 Å². The number of urea groups is 1. The van der Waals surface area contributed by atoms with Crippen LogP contribution in [-0.2, 0) is 4.79 Å². The molecule has 7 heteroatoms. The van der Waals surface area contributed by atoms with Crippen LogP contribution in [0.2, 0.25) is 0 Å². The largest absolute Gasteiger partial charge is 0.322 e. The molecule has 0 spiro atoms. The number of fused-ring (bicyclic) bond motifs is 3. The van der Waals surface area contributed by atoms with Gasteiger partial charge in [0.2, 0.25) is 5.91 Å². The van der Waals surface area contributed by atoms with Crippen molar-refractivity contribution in [3.8, 4) is 5.69 Å². The summed E-state index contributed by atoms with van der Waals surface area (Å²) in [6, 6.07) is 28.6. The number of anilines is 2. The predicted molar refractivity (Wildman–Crippen MR) is 147 cm³/mol. The zero-order valence-electron chi connectivity index (χ0n) is 20.1. The molecule has 6 nitrogen and oxygen atoms in total. The van der Waals surface area contributed by atoms with Crippen molar-refractivity contribution in [3.63, 3.8) is 0 Å². The van der Waals surface area contributed by atoms with E-state index < -0.39 is 0 Å². The van der Waals surface area contributed by atoms with Crippen LogP contribution in [0.3, 0.4) is 0 Å². The van der Waals surface area contributed by atoms with Gasteiger partial charge in [-0.15, -0.1) is 0 Å². The second kappa shape index (κ2) is 10.0. The molecule has 1 aliphatic rings. The maximum atomic E-state index is 14.1. The third-order valence-electron chi connectivity index (χ3n) is 6.41. The van der Waals surface area contributed by atoms with Gasteiger partial charge < -0.3 is 14.8 Å². The van der Waals surface area contributed by atoms with Gasteiger partial charge in [-0.05, 0) is 71.7 Å². The fraction of sp³-hybridized carbons (Fsp3) is 0.172. The molecule has 1 aromatic heterocycles. The molecule has 0 aliphatic carbocycles. The maximum Gasteiger partial charge on any atom is 0.322 e. The number of amides is 3. The Morgan fingerprint density at radius 1 is 0.889 bits per heavy atom. The first kappa shape index (κ1) is 23.9. The third kappa shape index (κ3) is 4.42. The molecule has 1 atom stereocenters. The Morgan fingerprint density at radius 3 is 2.28 bits per heavy atom. The van der Waals surface area contributed by atoms with Gasteiger partial charge in [0, 0.05) is 16.7 Å². The zero-order chi connectivity index (χ0) is 25.2. The lowest BCUT2D eigenvalue weighted by Crippen LogP contribution is -2.49. The van der Waals surface area contributed by atoms with Gasteiger partial charge in [0.1, 0.15) is 12.6 Å². The van der Waals surface area contributed by atoms with E-state index >= 15 is 0 Å². The summed E-state index contributed by atoms with van der Waals surface area (Å²) in [5.41, 5.74) is 4.42. The molecule has 182 valence electrons. The molecule has 1 N–H and O–H groups in total. The number of hydrogen-bond acceptors (Lipinski definition) is 2. The van der Waals surface area contributed by atoms with Crippen LogP contribution in [0.25, 0.3) is 5.69 Å². The van der Waals surface area contributed by atoms with Gasteiger partial charge in [0.05, 0.1) is 22.8 Å². The smallest absolute Gasteiger partial charge is 0.316 e. The molecule has 0 radical (unpaired) electrons. The highest BCUT2D eigenvalue weighted by Gasteiger charge is 2.37. The van der Waals surface area contributed by atoms with Crippen LogP contribution in [0.15, 0.2) is 102 Å². The second-order valence-electron chi connectivity index (χ2n) is 9.00. The number of halogens is 1. The van der Waals surface area contributed by atoms with Crippen LogP contribution in [-0.4, -0.2) is 34.0 Å². The first-order valence-electron chi connectivity index (χ1n) is 11.9. The van der Waals surface area contributed by atoms with E-state index in [1.54, 1.807) is 4.90 Å². The molecule has 0 saturated carbocycles. The first-order chi connectivity index (χ1) is 17.5. The fourth-order valence-electron chi connectivity index (χ4n) is 4.67. The highest BCUT2D eigenvalue weighted by atomic mass is 79.9. The SMILES string of the molecule is CC(C)N(CC(=O)N1c2ccccc2-n2cccc2[C@@H]1c1ccccc1)C(=O)Nc1ccccc1Br. The van der Waals surface area contributed by atoms with Gasteiger partial charge in [-0.1, -0.05) is 54.6 Å². The Labute approximate surface area is 219 Å². The van der Waals surface area contributed by atoms with Crippen LogP contribution < -0.4 is 10.2 Å². The summed E-state index contributed by atoms with van der Waals surface area (Å²) >= 11 is 3.48. The van der Waals surface area contributed by atoms with Gasteiger partial charge in [0.25, 0.3) is 0 Å². The summed E-state index contributed by atoms with van der Waals surface area (Å²) in [6.45, 7) is 3.76. The lowest BCUT2D eigenvalue weighted by atomic mass is 9.97. The normalized spacial score (nSPS) is 14.2. The molecular weight excluding hydrogens is 516 g/mol. The molecule has 2 heterocycles. The van der Waals surface area contributed by atoms with Crippen molar-refractivity contribution in [1.29, 1.82) is 0 Å². The van der Waals surface area contributed by atoms with Crippen molar-refractivity contribution in [3.05, 3.63) is 113 Å². The molecule has 0 saturated heterocycles. The Hall–Kier alpha value is -3.84. The van der Waals surface area contributed by atoms with E-state index in [0.29, 0.717) is 5.69 Å². The summed E-state index contributed by atoms with van der Waals surface area (Å²) in [4.78, 5) is 30.8. The summed E-state index contributed by atoms with van der Waals surface area (Å²) < 4.78 is 2.92. The number of hydrogen-bond donors (Lipinski definition) is 1. The summed E-state index contributed by atoms with van der Waals surface area (Å²) in [7, 11) is 0. The Balaban J connectivity index is 1.51. The molecule has 0 fully saturated rings. The topological polar surface area (TPSA) is 57.6 Å². The van der Waals surface area contributed by atoms with E-state index in [2.05, 4.69) is 25.8 Å².